The van der Waals surface area contributed by atoms with E-state index in [1.165, 1.54) is 7.05 Å². The minimum Gasteiger partial charge on any atom is -0.339 e. The summed E-state index contributed by atoms with van der Waals surface area (Å²) in [5.41, 5.74) is 0. The Balaban J connectivity index is 2.63. The number of hydrogen-bond donors (Lipinski definition) is 2. The quantitative estimate of drug-likeness (QED) is 0.614. The highest BCUT2D eigenvalue weighted by Crippen LogP contribution is 2.18. The predicted octanol–water partition coefficient (Wildman–Crippen LogP) is -0.380. The van der Waals surface area contributed by atoms with Crippen molar-refractivity contribution in [3.8, 4) is 0 Å². The van der Waals surface area contributed by atoms with Crippen LogP contribution in [0.5, 0.6) is 0 Å². The Hall–Kier alpha value is -1.51. The Kier molecular flexibility index (Phi) is 3.58. The van der Waals surface area contributed by atoms with Gasteiger partial charge in [-0.2, -0.15) is 13.2 Å². The Morgan fingerprint density at radius 1 is 1.44 bits per heavy atom. The molecule has 0 spiro atoms. The zero-order valence-electron chi connectivity index (χ0n) is 8.30. The lowest BCUT2D eigenvalue weighted by Crippen LogP contribution is -2.61. The third-order valence-corrected chi connectivity index (χ3v) is 1.92. The first-order valence-electron chi connectivity index (χ1n) is 4.37. The van der Waals surface area contributed by atoms with E-state index in [1.54, 1.807) is 0 Å². The Morgan fingerprint density at radius 2 is 2.00 bits per heavy atom. The lowest BCUT2D eigenvalue weighted by molar-refractivity contribution is -0.235. The maximum absolute atomic E-state index is 11.9. The molecule has 0 aliphatic carbocycles. The molecule has 92 valence electrons. The van der Waals surface area contributed by atoms with E-state index in [0.29, 0.717) is 5.06 Å². The number of hydroxylamine groups is 2. The average Bonchev–Trinajstić information content (AvgIpc) is 2.11. The summed E-state index contributed by atoms with van der Waals surface area (Å²) in [4.78, 5) is 25.7. The molecule has 16 heavy (non-hydrogen) atoms. The maximum Gasteiger partial charge on any atom is 0.493 e. The fourth-order valence-corrected chi connectivity index (χ4v) is 0.972. The van der Waals surface area contributed by atoms with Crippen LogP contribution in [0.1, 0.15) is 0 Å². The molecule has 6 nitrogen and oxygen atoms in total. The van der Waals surface area contributed by atoms with Crippen molar-refractivity contribution in [2.75, 3.05) is 20.1 Å². The van der Waals surface area contributed by atoms with Crippen molar-refractivity contribution in [1.29, 1.82) is 0 Å². The second kappa shape index (κ2) is 4.56. The van der Waals surface area contributed by atoms with Crippen molar-refractivity contribution in [2.24, 2.45) is 0 Å². The van der Waals surface area contributed by atoms with E-state index >= 15 is 0 Å². The molecule has 1 saturated heterocycles. The number of amides is 2. The van der Waals surface area contributed by atoms with Crippen LogP contribution in [0.25, 0.3) is 0 Å². The van der Waals surface area contributed by atoms with Crippen molar-refractivity contribution in [3.05, 3.63) is 0 Å². The third-order valence-electron chi connectivity index (χ3n) is 1.92. The minimum atomic E-state index is -5.12. The molecule has 0 radical (unpaired) electrons. The summed E-state index contributed by atoms with van der Waals surface area (Å²) in [7, 11) is 1.23. The molecule has 9 heteroatoms. The van der Waals surface area contributed by atoms with Gasteiger partial charge in [0.05, 0.1) is 6.04 Å². The summed E-state index contributed by atoms with van der Waals surface area (Å²) < 4.78 is 35.7. The summed E-state index contributed by atoms with van der Waals surface area (Å²) in [6.45, 7) is 0.553. The van der Waals surface area contributed by atoms with Gasteiger partial charge in [-0.05, 0) is 0 Å². The summed E-state index contributed by atoms with van der Waals surface area (Å²) in [5, 5.41) is 5.22. The van der Waals surface area contributed by atoms with Crippen LogP contribution in [0.15, 0.2) is 0 Å². The second-order valence-electron chi connectivity index (χ2n) is 3.07. The number of rotatable bonds is 1. The van der Waals surface area contributed by atoms with Gasteiger partial charge in [-0.1, -0.05) is 0 Å². The summed E-state index contributed by atoms with van der Waals surface area (Å²) >= 11 is 0. The fraction of sp³-hybridized carbons (Fsp3) is 0.714. The van der Waals surface area contributed by atoms with Crippen LogP contribution >= 0.6 is 0 Å². The number of nitrogens with zero attached hydrogens (tertiary/aromatic N) is 1. The molecule has 1 fully saturated rings. The van der Waals surface area contributed by atoms with Crippen molar-refractivity contribution < 1.29 is 27.6 Å². The number of alkyl halides is 3. The molecule has 1 rings (SSSR count). The fourth-order valence-electron chi connectivity index (χ4n) is 0.972. The summed E-state index contributed by atoms with van der Waals surface area (Å²) in [6.07, 6.45) is -5.12. The molecule has 0 aromatic rings. The van der Waals surface area contributed by atoms with Crippen LogP contribution in [-0.4, -0.2) is 49.4 Å². The van der Waals surface area contributed by atoms with Gasteiger partial charge in [0.25, 0.3) is 0 Å². The van der Waals surface area contributed by atoms with E-state index < -0.39 is 24.2 Å². The second-order valence-corrected chi connectivity index (χ2v) is 3.07. The molecule has 0 aromatic heterocycles. The molecule has 1 aliphatic heterocycles. The Labute approximate surface area is 88.7 Å². The number of carbonyl (C=O) groups is 2. The van der Waals surface area contributed by atoms with Crippen molar-refractivity contribution >= 4 is 12.0 Å². The van der Waals surface area contributed by atoms with E-state index in [1.807, 2.05) is 0 Å². The molecule has 1 heterocycles. The number of nitrogens with one attached hydrogen (secondary N) is 2. The zero-order chi connectivity index (χ0) is 12.3. The minimum absolute atomic E-state index is 0.276. The van der Waals surface area contributed by atoms with Crippen LogP contribution < -0.4 is 10.6 Å². The highest BCUT2D eigenvalue weighted by molar-refractivity contribution is 5.79. The molecule has 0 saturated carbocycles. The van der Waals surface area contributed by atoms with Crippen molar-refractivity contribution in [3.63, 3.8) is 0 Å². The van der Waals surface area contributed by atoms with Gasteiger partial charge in [-0.15, -0.1) is 5.06 Å². The highest BCUT2D eigenvalue weighted by atomic mass is 19.4. The molecule has 0 unspecified atom stereocenters. The number of carbonyl (C=O) groups excluding carboxylic acids is 2. The first-order chi connectivity index (χ1) is 7.36. The molecule has 0 bridgehead atoms. The van der Waals surface area contributed by atoms with Gasteiger partial charge >= 0.3 is 18.2 Å². The monoisotopic (exact) mass is 241 g/mol. The summed E-state index contributed by atoms with van der Waals surface area (Å²) in [5.74, 6) is -2.41. The molecule has 0 atom stereocenters. The Bertz CT molecular complexity index is 290. The van der Waals surface area contributed by atoms with Gasteiger partial charge in [-0.3, -0.25) is 0 Å². The smallest absolute Gasteiger partial charge is 0.339 e. The number of hydrogen-bond acceptors (Lipinski definition) is 4. The largest absolute Gasteiger partial charge is 0.493 e. The van der Waals surface area contributed by atoms with E-state index in [4.69, 9.17) is 0 Å². The summed E-state index contributed by atoms with van der Waals surface area (Å²) in [6, 6.07) is -1.48. The van der Waals surface area contributed by atoms with Gasteiger partial charge in [-0.25, -0.2) is 9.59 Å². The molecule has 2 amide bonds. The predicted molar refractivity (Wildman–Crippen MR) is 45.1 cm³/mol. The third kappa shape index (κ3) is 2.75. The Morgan fingerprint density at radius 3 is 2.31 bits per heavy atom. The molecule has 1 aliphatic rings. The van der Waals surface area contributed by atoms with Gasteiger partial charge in [0, 0.05) is 20.1 Å². The van der Waals surface area contributed by atoms with Crippen LogP contribution in [0, 0.1) is 0 Å². The molecular formula is C7H10F3N3O3. The van der Waals surface area contributed by atoms with Gasteiger partial charge in [0.15, 0.2) is 0 Å². The lowest BCUT2D eigenvalue weighted by Gasteiger charge is -2.35. The van der Waals surface area contributed by atoms with Gasteiger partial charge in [0.1, 0.15) is 0 Å². The van der Waals surface area contributed by atoms with E-state index in [9.17, 15) is 22.8 Å². The van der Waals surface area contributed by atoms with Gasteiger partial charge in [0.2, 0.25) is 0 Å². The topological polar surface area (TPSA) is 70.7 Å². The van der Waals surface area contributed by atoms with Crippen molar-refractivity contribution in [2.45, 2.75) is 12.2 Å². The zero-order valence-corrected chi connectivity index (χ0v) is 8.30. The SMILES string of the molecule is CNC(=O)N(OC(=O)C(F)(F)F)C1CNC1. The first kappa shape index (κ1) is 12.6. The molecule has 0 aromatic carbocycles. The number of halogens is 3. The van der Waals surface area contributed by atoms with Crippen LogP contribution in [-0.2, 0) is 9.63 Å². The van der Waals surface area contributed by atoms with Crippen LogP contribution in [0.2, 0.25) is 0 Å². The average molecular weight is 241 g/mol. The van der Waals surface area contributed by atoms with E-state index in [2.05, 4.69) is 15.5 Å². The molecule has 2 N–H and O–H groups in total. The van der Waals surface area contributed by atoms with E-state index in [0.717, 1.165) is 0 Å². The highest BCUT2D eigenvalue weighted by Gasteiger charge is 2.45. The van der Waals surface area contributed by atoms with Crippen LogP contribution in [0.4, 0.5) is 18.0 Å². The number of urea groups is 1. The normalized spacial score (nSPS) is 16.2. The standard InChI is InChI=1S/C7H10F3N3O3/c1-11-6(15)13(4-2-12-3-4)16-5(14)7(8,9)10/h4,12H,2-3H2,1H3,(H,11,15). The van der Waals surface area contributed by atoms with Crippen LogP contribution in [0.3, 0.4) is 0 Å². The lowest BCUT2D eigenvalue weighted by atomic mass is 10.2. The first-order valence-corrected chi connectivity index (χ1v) is 4.37. The van der Waals surface area contributed by atoms with E-state index in [-0.39, 0.29) is 13.1 Å². The van der Waals surface area contributed by atoms with Gasteiger partial charge < -0.3 is 15.5 Å². The molecular weight excluding hydrogens is 231 g/mol. The van der Waals surface area contributed by atoms with Crippen molar-refractivity contribution in [1.82, 2.24) is 15.7 Å². The maximum atomic E-state index is 11.9.